The standard InChI is InChI=1S/C21H32O2/c1-14(22)23-16-12-19-17-8-7-15-6-4-5-10-21(15,3)18(17)9-11-20(19,2)13-16/h13,15,17-19H,4-12H2,1-3H3/t15?,17-,18+,19+,20-,21+/m1/s1. The molecule has 128 valence electrons. The second-order valence-corrected chi connectivity index (χ2v) is 9.36. The number of esters is 1. The summed E-state index contributed by atoms with van der Waals surface area (Å²) in [5.41, 5.74) is 0.858. The monoisotopic (exact) mass is 316 g/mol. The van der Waals surface area contributed by atoms with Gasteiger partial charge in [-0.05, 0) is 79.1 Å². The Labute approximate surface area is 141 Å². The fourth-order valence-electron chi connectivity index (χ4n) is 7.11. The number of fused-ring (bicyclic) bond motifs is 5. The number of hydrogen-bond acceptors (Lipinski definition) is 2. The first-order valence-corrected chi connectivity index (χ1v) is 9.82. The van der Waals surface area contributed by atoms with E-state index >= 15 is 0 Å². The summed E-state index contributed by atoms with van der Waals surface area (Å²) in [6.07, 6.45) is 14.6. The van der Waals surface area contributed by atoms with Crippen LogP contribution in [0.1, 0.15) is 78.6 Å². The lowest BCUT2D eigenvalue weighted by Crippen LogP contribution is -2.51. The Hall–Kier alpha value is -0.790. The van der Waals surface area contributed by atoms with Gasteiger partial charge in [-0.1, -0.05) is 26.7 Å². The minimum atomic E-state index is -0.155. The Balaban J connectivity index is 1.59. The van der Waals surface area contributed by atoms with Crippen LogP contribution in [0.4, 0.5) is 0 Å². The molecule has 2 nitrogen and oxygen atoms in total. The SMILES string of the molecule is CC(=O)OC1=C[C@@]2(C)CC[C@H]3[C@@H](CCC4CCCC[C@@]43C)[C@@H]2C1. The van der Waals surface area contributed by atoms with Crippen molar-refractivity contribution in [1.82, 2.24) is 0 Å². The zero-order valence-corrected chi connectivity index (χ0v) is 15.1. The molecule has 3 saturated carbocycles. The summed E-state index contributed by atoms with van der Waals surface area (Å²) in [7, 11) is 0. The van der Waals surface area contributed by atoms with Crippen LogP contribution in [-0.4, -0.2) is 5.97 Å². The smallest absolute Gasteiger partial charge is 0.307 e. The minimum Gasteiger partial charge on any atom is -0.432 e. The van der Waals surface area contributed by atoms with Gasteiger partial charge in [-0.3, -0.25) is 4.79 Å². The van der Waals surface area contributed by atoms with Crippen LogP contribution in [0.2, 0.25) is 0 Å². The van der Waals surface area contributed by atoms with Crippen molar-refractivity contribution in [2.45, 2.75) is 78.6 Å². The van der Waals surface area contributed by atoms with E-state index in [1.807, 2.05) is 0 Å². The van der Waals surface area contributed by atoms with Gasteiger partial charge < -0.3 is 4.74 Å². The van der Waals surface area contributed by atoms with Gasteiger partial charge in [0.15, 0.2) is 0 Å². The highest BCUT2D eigenvalue weighted by Gasteiger charge is 2.57. The van der Waals surface area contributed by atoms with Crippen molar-refractivity contribution >= 4 is 5.97 Å². The molecule has 4 aliphatic rings. The predicted molar refractivity (Wildman–Crippen MR) is 91.6 cm³/mol. The van der Waals surface area contributed by atoms with E-state index in [1.165, 1.54) is 58.3 Å². The highest BCUT2D eigenvalue weighted by molar-refractivity contribution is 5.67. The molecule has 0 spiro atoms. The van der Waals surface area contributed by atoms with Crippen molar-refractivity contribution in [1.29, 1.82) is 0 Å². The lowest BCUT2D eigenvalue weighted by molar-refractivity contribution is -0.137. The average molecular weight is 316 g/mol. The van der Waals surface area contributed by atoms with Gasteiger partial charge in [0, 0.05) is 13.3 Å². The van der Waals surface area contributed by atoms with Crippen molar-refractivity contribution in [2.75, 3.05) is 0 Å². The molecular weight excluding hydrogens is 284 g/mol. The van der Waals surface area contributed by atoms with E-state index in [2.05, 4.69) is 19.9 Å². The third-order valence-corrected chi connectivity index (χ3v) is 8.21. The molecule has 0 aromatic rings. The molecule has 23 heavy (non-hydrogen) atoms. The van der Waals surface area contributed by atoms with E-state index in [1.54, 1.807) is 0 Å². The van der Waals surface area contributed by atoms with Crippen LogP contribution in [0.25, 0.3) is 0 Å². The first-order chi connectivity index (χ1) is 10.9. The van der Waals surface area contributed by atoms with Crippen LogP contribution >= 0.6 is 0 Å². The van der Waals surface area contributed by atoms with Gasteiger partial charge in [0.1, 0.15) is 5.76 Å². The molecule has 3 fully saturated rings. The Morgan fingerprint density at radius 1 is 1.09 bits per heavy atom. The minimum absolute atomic E-state index is 0.155. The third-order valence-electron chi connectivity index (χ3n) is 8.21. The van der Waals surface area contributed by atoms with Gasteiger partial charge in [0.25, 0.3) is 0 Å². The molecule has 1 unspecified atom stereocenters. The van der Waals surface area contributed by atoms with E-state index in [0.717, 1.165) is 29.9 Å². The lowest BCUT2D eigenvalue weighted by atomic mass is 9.45. The van der Waals surface area contributed by atoms with Crippen LogP contribution < -0.4 is 0 Å². The zero-order chi connectivity index (χ0) is 16.2. The van der Waals surface area contributed by atoms with E-state index in [9.17, 15) is 4.79 Å². The molecule has 0 heterocycles. The summed E-state index contributed by atoms with van der Waals surface area (Å²) in [6, 6.07) is 0. The van der Waals surface area contributed by atoms with Gasteiger partial charge in [-0.15, -0.1) is 0 Å². The fourth-order valence-corrected chi connectivity index (χ4v) is 7.11. The maximum Gasteiger partial charge on any atom is 0.307 e. The Morgan fingerprint density at radius 3 is 2.70 bits per heavy atom. The third kappa shape index (κ3) is 2.39. The van der Waals surface area contributed by atoms with Crippen molar-refractivity contribution in [3.05, 3.63) is 11.8 Å². The number of allylic oxidation sites excluding steroid dienone is 2. The molecule has 2 heteroatoms. The quantitative estimate of drug-likeness (QED) is 0.599. The van der Waals surface area contributed by atoms with Gasteiger partial charge in [0.2, 0.25) is 0 Å². The van der Waals surface area contributed by atoms with Crippen molar-refractivity contribution in [2.24, 2.45) is 34.5 Å². The lowest BCUT2D eigenvalue weighted by Gasteiger charge is -2.59. The summed E-state index contributed by atoms with van der Waals surface area (Å²) in [4.78, 5) is 11.4. The second-order valence-electron chi connectivity index (χ2n) is 9.36. The van der Waals surface area contributed by atoms with E-state index < -0.39 is 0 Å². The first-order valence-electron chi connectivity index (χ1n) is 9.82. The van der Waals surface area contributed by atoms with E-state index in [4.69, 9.17) is 4.74 Å². The summed E-state index contributed by atoms with van der Waals surface area (Å²) in [6.45, 7) is 6.56. The molecule has 0 amide bonds. The maximum atomic E-state index is 11.4. The molecule has 4 aliphatic carbocycles. The molecule has 0 saturated heterocycles. The normalized spacial score (nSPS) is 48.7. The van der Waals surface area contributed by atoms with Gasteiger partial charge in [-0.25, -0.2) is 0 Å². The topological polar surface area (TPSA) is 26.3 Å². The number of hydrogen-bond donors (Lipinski definition) is 0. The number of ether oxygens (including phenoxy) is 1. The number of carbonyl (C=O) groups is 1. The van der Waals surface area contributed by atoms with E-state index in [0.29, 0.717) is 11.3 Å². The molecule has 0 aliphatic heterocycles. The van der Waals surface area contributed by atoms with Crippen molar-refractivity contribution in [3.63, 3.8) is 0 Å². The van der Waals surface area contributed by atoms with Crippen LogP contribution in [0.15, 0.2) is 11.8 Å². The number of carbonyl (C=O) groups excluding carboxylic acids is 1. The maximum absolute atomic E-state index is 11.4. The summed E-state index contributed by atoms with van der Waals surface area (Å²) >= 11 is 0. The van der Waals surface area contributed by atoms with Crippen LogP contribution in [0.3, 0.4) is 0 Å². The predicted octanol–water partition coefficient (Wildman–Crippen LogP) is 5.48. The molecule has 0 radical (unpaired) electrons. The molecule has 0 N–H and O–H groups in total. The van der Waals surface area contributed by atoms with Gasteiger partial charge >= 0.3 is 5.97 Å². The summed E-state index contributed by atoms with van der Waals surface area (Å²) in [5, 5.41) is 0. The summed E-state index contributed by atoms with van der Waals surface area (Å²) < 4.78 is 5.50. The Morgan fingerprint density at radius 2 is 1.91 bits per heavy atom. The molecule has 4 rings (SSSR count). The largest absolute Gasteiger partial charge is 0.432 e. The van der Waals surface area contributed by atoms with Crippen molar-refractivity contribution in [3.8, 4) is 0 Å². The molecule has 6 atom stereocenters. The molecule has 0 aromatic heterocycles. The average Bonchev–Trinajstić information content (AvgIpc) is 2.81. The Kier molecular flexibility index (Phi) is 3.66. The van der Waals surface area contributed by atoms with Crippen LogP contribution in [0.5, 0.6) is 0 Å². The second kappa shape index (κ2) is 5.36. The Bertz CT molecular complexity index is 536. The van der Waals surface area contributed by atoms with Crippen LogP contribution in [0, 0.1) is 34.5 Å². The first kappa shape index (κ1) is 15.7. The summed E-state index contributed by atoms with van der Waals surface area (Å²) in [5.74, 6) is 4.24. The highest BCUT2D eigenvalue weighted by atomic mass is 16.5. The molecular formula is C21H32O2. The fraction of sp³-hybridized carbons (Fsp3) is 0.857. The van der Waals surface area contributed by atoms with Gasteiger partial charge in [-0.2, -0.15) is 0 Å². The van der Waals surface area contributed by atoms with Crippen molar-refractivity contribution < 1.29 is 9.53 Å². The van der Waals surface area contributed by atoms with Gasteiger partial charge in [0.05, 0.1) is 0 Å². The zero-order valence-electron chi connectivity index (χ0n) is 15.1. The van der Waals surface area contributed by atoms with Crippen LogP contribution in [-0.2, 0) is 9.53 Å². The number of rotatable bonds is 1. The molecule has 0 bridgehead atoms. The molecule has 0 aromatic carbocycles. The van der Waals surface area contributed by atoms with E-state index in [-0.39, 0.29) is 11.4 Å². The highest BCUT2D eigenvalue weighted by Crippen LogP contribution is 2.65.